The van der Waals surface area contributed by atoms with E-state index in [4.69, 9.17) is 27.0 Å². The van der Waals surface area contributed by atoms with E-state index in [9.17, 15) is 4.39 Å². The normalized spacial score (nSPS) is 10.0. The fraction of sp³-hybridized carbons (Fsp3) is 0.143. The molecule has 0 unspecified atom stereocenters. The number of rotatable bonds is 2. The van der Waals surface area contributed by atoms with Gasteiger partial charge in [-0.1, -0.05) is 11.6 Å². The maximum Gasteiger partial charge on any atom is 0.145 e. The molecule has 12 heavy (non-hydrogen) atoms. The van der Waals surface area contributed by atoms with Crippen molar-refractivity contribution in [1.29, 1.82) is 0 Å². The van der Waals surface area contributed by atoms with E-state index in [1.54, 1.807) is 0 Å². The molecule has 0 saturated carbocycles. The van der Waals surface area contributed by atoms with Crippen LogP contribution in [0.4, 0.5) is 4.39 Å². The Kier molecular flexibility index (Phi) is 3.50. The topological polar surface area (TPSA) is 9.23 Å². The van der Waals surface area contributed by atoms with Crippen molar-refractivity contribution in [1.82, 2.24) is 0 Å². The van der Waals surface area contributed by atoms with Gasteiger partial charge < -0.3 is 4.74 Å². The molecule has 1 nitrogen and oxygen atoms in total. The van der Waals surface area contributed by atoms with Gasteiger partial charge in [-0.25, -0.2) is 4.39 Å². The fourth-order valence-corrected chi connectivity index (χ4v) is 1.70. The van der Waals surface area contributed by atoms with Crippen molar-refractivity contribution in [3.8, 4) is 5.75 Å². The Morgan fingerprint density at radius 1 is 1.50 bits per heavy atom. The second kappa shape index (κ2) is 4.21. The third-order valence-electron chi connectivity index (χ3n) is 1.29. The molecule has 0 fully saturated rings. The minimum absolute atomic E-state index is 0.0407. The van der Waals surface area contributed by atoms with Gasteiger partial charge in [0.1, 0.15) is 11.6 Å². The van der Waals surface area contributed by atoms with Crippen molar-refractivity contribution in [3.63, 3.8) is 0 Å². The van der Waals surface area contributed by atoms with Gasteiger partial charge in [-0.2, -0.15) is 0 Å². The highest BCUT2D eigenvalue weighted by atomic mass is 35.7. The summed E-state index contributed by atoms with van der Waals surface area (Å²) in [6, 6.07) is 2.63. The summed E-state index contributed by atoms with van der Waals surface area (Å²) >= 11 is 5.52. The van der Waals surface area contributed by atoms with E-state index in [1.165, 1.54) is 19.2 Å². The van der Waals surface area contributed by atoms with Crippen molar-refractivity contribution < 1.29 is 9.13 Å². The van der Waals surface area contributed by atoms with Crippen LogP contribution in [-0.2, 0) is 0 Å². The van der Waals surface area contributed by atoms with E-state index in [-0.39, 0.29) is 5.02 Å². The third kappa shape index (κ3) is 1.97. The molecule has 0 aliphatic carbocycles. The van der Waals surface area contributed by atoms with Crippen molar-refractivity contribution in [2.45, 2.75) is 4.90 Å². The molecule has 5 heteroatoms. The molecule has 0 aromatic heterocycles. The van der Waals surface area contributed by atoms with Crippen molar-refractivity contribution in [2.24, 2.45) is 0 Å². The van der Waals surface area contributed by atoms with Gasteiger partial charge in [0, 0.05) is 6.07 Å². The van der Waals surface area contributed by atoms with E-state index < -0.39 is 5.82 Å². The first-order valence-corrected chi connectivity index (χ1v) is 5.02. The van der Waals surface area contributed by atoms with E-state index in [0.29, 0.717) is 10.6 Å². The van der Waals surface area contributed by atoms with Crippen LogP contribution in [0.3, 0.4) is 0 Å². The Morgan fingerprint density at radius 2 is 2.17 bits per heavy atom. The summed E-state index contributed by atoms with van der Waals surface area (Å²) in [6.45, 7) is 0. The van der Waals surface area contributed by atoms with E-state index in [2.05, 4.69) is 0 Å². The quantitative estimate of drug-likeness (QED) is 0.761. The predicted octanol–water partition coefficient (Wildman–Crippen LogP) is 3.73. The van der Waals surface area contributed by atoms with E-state index in [0.717, 1.165) is 11.0 Å². The molecular weight excluding hydrogens is 222 g/mol. The summed E-state index contributed by atoms with van der Waals surface area (Å²) in [6.07, 6.45) is 0. The second-order valence-electron chi connectivity index (χ2n) is 1.99. The number of methoxy groups -OCH3 is 1. The van der Waals surface area contributed by atoms with Crippen LogP contribution < -0.4 is 4.74 Å². The van der Waals surface area contributed by atoms with Gasteiger partial charge >= 0.3 is 0 Å². The highest BCUT2D eigenvalue weighted by molar-refractivity contribution is 8.21. The summed E-state index contributed by atoms with van der Waals surface area (Å²) in [7, 11) is 7.87. The van der Waals surface area contributed by atoms with E-state index in [1.807, 2.05) is 0 Å². The highest BCUT2D eigenvalue weighted by Crippen LogP contribution is 2.35. The van der Waals surface area contributed by atoms with Crippen LogP contribution in [0.15, 0.2) is 17.0 Å². The molecule has 66 valence electrons. The smallest absolute Gasteiger partial charge is 0.145 e. The lowest BCUT2D eigenvalue weighted by molar-refractivity contribution is 0.401. The average Bonchev–Trinajstić information content (AvgIpc) is 2.09. The molecule has 0 bridgehead atoms. The number of ether oxygens (including phenoxy) is 1. The lowest BCUT2D eigenvalue weighted by Gasteiger charge is -2.05. The standard InChI is InChI=1S/C7H5Cl2FOS/c1-11-6-3-5(10)4(8)2-7(6)12-9/h2-3H,1H3. The molecular formula is C7H5Cl2FOS. The molecule has 0 aliphatic heterocycles. The summed E-state index contributed by atoms with van der Waals surface area (Å²) in [5, 5.41) is 0.0407. The van der Waals surface area contributed by atoms with Gasteiger partial charge in [0.2, 0.25) is 0 Å². The largest absolute Gasteiger partial charge is 0.495 e. The van der Waals surface area contributed by atoms with Gasteiger partial charge in [-0.3, -0.25) is 0 Å². The van der Waals surface area contributed by atoms with Crippen molar-refractivity contribution >= 4 is 33.3 Å². The van der Waals surface area contributed by atoms with Gasteiger partial charge in [-0.15, -0.1) is 0 Å². The first kappa shape index (κ1) is 9.96. The molecule has 0 atom stereocenters. The molecule has 0 amide bonds. The number of halogens is 3. The van der Waals surface area contributed by atoms with Crippen LogP contribution in [0.2, 0.25) is 5.02 Å². The maximum atomic E-state index is 12.8. The first-order valence-electron chi connectivity index (χ1n) is 3.00. The molecule has 0 heterocycles. The van der Waals surface area contributed by atoms with Crippen LogP contribution >= 0.6 is 33.3 Å². The number of hydrogen-bond acceptors (Lipinski definition) is 2. The van der Waals surface area contributed by atoms with Crippen LogP contribution in [0.5, 0.6) is 5.75 Å². The Balaban J connectivity index is 3.19. The Morgan fingerprint density at radius 3 is 2.67 bits per heavy atom. The second-order valence-corrected chi connectivity index (χ2v) is 3.46. The summed E-state index contributed by atoms with van der Waals surface area (Å²) in [4.78, 5) is 0.602. The zero-order valence-electron chi connectivity index (χ0n) is 6.11. The van der Waals surface area contributed by atoms with Crippen molar-refractivity contribution in [3.05, 3.63) is 23.0 Å². The van der Waals surface area contributed by atoms with Crippen LogP contribution in [-0.4, -0.2) is 7.11 Å². The van der Waals surface area contributed by atoms with Crippen molar-refractivity contribution in [2.75, 3.05) is 7.11 Å². The Bertz CT molecular complexity index is 264. The van der Waals surface area contributed by atoms with E-state index >= 15 is 0 Å². The molecule has 0 N–H and O–H groups in total. The van der Waals surface area contributed by atoms with Crippen LogP contribution in [0, 0.1) is 5.82 Å². The zero-order chi connectivity index (χ0) is 9.14. The van der Waals surface area contributed by atoms with Gasteiger partial charge in [0.15, 0.2) is 0 Å². The average molecular weight is 227 g/mol. The Hall–Kier alpha value is -0.120. The fourth-order valence-electron chi connectivity index (χ4n) is 0.730. The summed E-state index contributed by atoms with van der Waals surface area (Å²) < 4.78 is 17.7. The third-order valence-corrected chi connectivity index (χ3v) is 2.56. The van der Waals surface area contributed by atoms with Crippen LogP contribution in [0.1, 0.15) is 0 Å². The molecule has 0 radical (unpaired) electrons. The minimum Gasteiger partial charge on any atom is -0.495 e. The summed E-state index contributed by atoms with van der Waals surface area (Å²) in [5.41, 5.74) is 0. The monoisotopic (exact) mass is 226 g/mol. The molecule has 1 rings (SSSR count). The lowest BCUT2D eigenvalue weighted by Crippen LogP contribution is -1.87. The van der Waals surface area contributed by atoms with Crippen LogP contribution in [0.25, 0.3) is 0 Å². The molecule has 1 aromatic carbocycles. The summed E-state index contributed by atoms with van der Waals surface area (Å²) in [5.74, 6) is -0.125. The lowest BCUT2D eigenvalue weighted by atomic mass is 10.3. The maximum absolute atomic E-state index is 12.8. The number of hydrogen-bond donors (Lipinski definition) is 0. The van der Waals surface area contributed by atoms with Gasteiger partial charge in [-0.05, 0) is 27.7 Å². The minimum atomic E-state index is -0.511. The van der Waals surface area contributed by atoms with Gasteiger partial charge in [0.25, 0.3) is 0 Å². The molecule has 1 aromatic rings. The molecule has 0 saturated heterocycles. The number of benzene rings is 1. The SMILES string of the molecule is COc1cc(F)c(Cl)cc1SCl. The zero-order valence-corrected chi connectivity index (χ0v) is 8.43. The Labute approximate surface area is 83.3 Å². The van der Waals surface area contributed by atoms with Gasteiger partial charge in [0.05, 0.1) is 17.0 Å². The first-order chi connectivity index (χ1) is 5.69. The molecule has 0 aliphatic rings. The predicted molar refractivity (Wildman–Crippen MR) is 49.7 cm³/mol. The molecule has 0 spiro atoms. The highest BCUT2D eigenvalue weighted by Gasteiger charge is 2.08.